The van der Waals surface area contributed by atoms with Gasteiger partial charge in [0.05, 0.1) is 18.0 Å². The first-order chi connectivity index (χ1) is 12.1. The second-order valence-corrected chi connectivity index (χ2v) is 7.48. The highest BCUT2D eigenvalue weighted by Gasteiger charge is 2.46. The van der Waals surface area contributed by atoms with Gasteiger partial charge in [-0.25, -0.2) is 4.98 Å². The minimum atomic E-state index is -0.0400. The van der Waals surface area contributed by atoms with Crippen molar-refractivity contribution in [3.8, 4) is 0 Å². The smallest absolute Gasteiger partial charge is 0.253 e. The number of aromatic amines is 1. The van der Waals surface area contributed by atoms with Crippen LogP contribution in [0, 0.1) is 12.3 Å². The van der Waals surface area contributed by atoms with Crippen molar-refractivity contribution in [1.82, 2.24) is 30.4 Å². The van der Waals surface area contributed by atoms with Crippen LogP contribution in [0.15, 0.2) is 24.7 Å². The molecular weight excluding hydrogens is 316 g/mol. The number of H-pyrrole nitrogens is 1. The number of hydrogen-bond acceptors (Lipinski definition) is 5. The highest BCUT2D eigenvalue weighted by Crippen LogP contribution is 2.49. The number of carbonyl (C=O) groups excluding carboxylic acids is 1. The van der Waals surface area contributed by atoms with E-state index in [2.05, 4.69) is 30.4 Å². The molecule has 132 valence electrons. The number of imidazole rings is 1. The second-order valence-electron chi connectivity index (χ2n) is 7.48. The number of nitrogens with zero attached hydrogens (tertiary/aromatic N) is 4. The third kappa shape index (κ3) is 3.56. The van der Waals surface area contributed by atoms with Crippen molar-refractivity contribution in [2.45, 2.75) is 45.2 Å². The van der Waals surface area contributed by atoms with E-state index in [9.17, 15) is 4.79 Å². The lowest BCUT2D eigenvalue weighted by Gasteiger charge is -2.52. The second kappa shape index (κ2) is 6.55. The van der Waals surface area contributed by atoms with E-state index in [1.54, 1.807) is 12.3 Å². The van der Waals surface area contributed by atoms with Gasteiger partial charge in [0.1, 0.15) is 5.82 Å². The summed E-state index contributed by atoms with van der Waals surface area (Å²) in [7, 11) is 0. The predicted molar refractivity (Wildman–Crippen MR) is 92.8 cm³/mol. The van der Waals surface area contributed by atoms with Gasteiger partial charge in [-0.15, -0.1) is 0 Å². The fraction of sp³-hybridized carbons (Fsp3) is 0.556. The van der Waals surface area contributed by atoms with Crippen molar-refractivity contribution in [2.24, 2.45) is 5.41 Å². The van der Waals surface area contributed by atoms with Gasteiger partial charge in [0, 0.05) is 24.5 Å². The molecule has 2 aliphatic rings. The molecule has 0 bridgehead atoms. The van der Waals surface area contributed by atoms with E-state index in [0.717, 1.165) is 38.3 Å². The number of carbonyl (C=O) groups is 1. The molecule has 0 aromatic carbocycles. The zero-order chi connectivity index (χ0) is 17.3. The molecule has 1 saturated carbocycles. The highest BCUT2D eigenvalue weighted by atomic mass is 16.1. The van der Waals surface area contributed by atoms with E-state index < -0.39 is 0 Å². The third-order valence-corrected chi connectivity index (χ3v) is 5.61. The summed E-state index contributed by atoms with van der Waals surface area (Å²) in [6.07, 6.45) is 9.60. The Morgan fingerprint density at radius 3 is 2.76 bits per heavy atom. The largest absolute Gasteiger partial charge is 0.349 e. The molecule has 1 aliphatic carbocycles. The zero-order valence-corrected chi connectivity index (χ0v) is 14.5. The first kappa shape index (κ1) is 16.2. The van der Waals surface area contributed by atoms with Crippen LogP contribution in [0.2, 0.25) is 0 Å². The minimum absolute atomic E-state index is 0.0400. The van der Waals surface area contributed by atoms with Crippen molar-refractivity contribution in [1.29, 1.82) is 0 Å². The van der Waals surface area contributed by atoms with Gasteiger partial charge in [-0.05, 0) is 57.2 Å². The van der Waals surface area contributed by atoms with Gasteiger partial charge in [-0.1, -0.05) is 0 Å². The molecule has 0 atom stereocenters. The number of rotatable bonds is 4. The maximum Gasteiger partial charge on any atom is 0.253 e. The fourth-order valence-electron chi connectivity index (χ4n) is 4.17. The Labute approximate surface area is 147 Å². The van der Waals surface area contributed by atoms with Crippen LogP contribution >= 0.6 is 0 Å². The van der Waals surface area contributed by atoms with Crippen LogP contribution in [-0.4, -0.2) is 50.1 Å². The zero-order valence-electron chi connectivity index (χ0n) is 14.5. The number of likely N-dealkylation sites (tertiary alicyclic amines) is 1. The van der Waals surface area contributed by atoms with Gasteiger partial charge in [0.15, 0.2) is 0 Å². The first-order valence-electron chi connectivity index (χ1n) is 8.92. The lowest BCUT2D eigenvalue weighted by Crippen LogP contribution is -2.54. The van der Waals surface area contributed by atoms with Crippen LogP contribution in [0.1, 0.15) is 47.6 Å². The fourth-order valence-corrected chi connectivity index (χ4v) is 4.17. The molecule has 0 unspecified atom stereocenters. The molecule has 2 fully saturated rings. The standard InChI is InChI=1S/C18H24N6O/c1-13-19-11-16(22-13)12-24-6-3-18(4-7-24)8-15(9-18)23-17(25)14-2-5-20-21-10-14/h2,5,10-11,15H,3-4,6-9,12H2,1H3,(H,19,22)(H,23,25). The number of aromatic nitrogens is 4. The van der Waals surface area contributed by atoms with E-state index in [1.807, 2.05) is 13.1 Å². The van der Waals surface area contributed by atoms with Crippen molar-refractivity contribution in [3.05, 3.63) is 41.7 Å². The quantitative estimate of drug-likeness (QED) is 0.884. The Balaban J connectivity index is 1.23. The number of amides is 1. The lowest BCUT2D eigenvalue weighted by atomic mass is 9.60. The Morgan fingerprint density at radius 2 is 2.12 bits per heavy atom. The van der Waals surface area contributed by atoms with Crippen LogP contribution < -0.4 is 5.32 Å². The van der Waals surface area contributed by atoms with Gasteiger partial charge in [-0.3, -0.25) is 9.69 Å². The van der Waals surface area contributed by atoms with E-state index in [4.69, 9.17) is 0 Å². The van der Waals surface area contributed by atoms with E-state index in [0.29, 0.717) is 17.0 Å². The molecule has 1 saturated heterocycles. The Bertz CT molecular complexity index is 727. The molecule has 2 N–H and O–H groups in total. The number of piperidine rings is 1. The molecule has 1 aliphatic heterocycles. The topological polar surface area (TPSA) is 86.8 Å². The van der Waals surface area contributed by atoms with Gasteiger partial charge >= 0.3 is 0 Å². The molecule has 3 heterocycles. The van der Waals surface area contributed by atoms with Crippen LogP contribution in [0.5, 0.6) is 0 Å². The summed E-state index contributed by atoms with van der Waals surface area (Å²) in [5, 5.41) is 10.6. The summed E-state index contributed by atoms with van der Waals surface area (Å²) in [6, 6.07) is 1.99. The molecule has 25 heavy (non-hydrogen) atoms. The van der Waals surface area contributed by atoms with E-state index in [1.165, 1.54) is 24.7 Å². The summed E-state index contributed by atoms with van der Waals surface area (Å²) in [6.45, 7) is 5.17. The normalized spacial score (nSPS) is 20.4. The Hall–Kier alpha value is -2.28. The van der Waals surface area contributed by atoms with Gasteiger partial charge in [0.2, 0.25) is 0 Å². The summed E-state index contributed by atoms with van der Waals surface area (Å²) in [4.78, 5) is 22.2. The molecule has 2 aromatic heterocycles. The third-order valence-electron chi connectivity index (χ3n) is 5.61. The predicted octanol–water partition coefficient (Wildman–Crippen LogP) is 1.68. The van der Waals surface area contributed by atoms with Gasteiger partial charge < -0.3 is 10.3 Å². The number of hydrogen-bond donors (Lipinski definition) is 2. The number of aryl methyl sites for hydroxylation is 1. The molecule has 7 heteroatoms. The molecule has 0 radical (unpaired) electrons. The molecule has 1 spiro atoms. The maximum absolute atomic E-state index is 12.2. The summed E-state index contributed by atoms with van der Waals surface area (Å²) in [5.74, 6) is 0.937. The minimum Gasteiger partial charge on any atom is -0.349 e. The Morgan fingerprint density at radius 1 is 1.32 bits per heavy atom. The van der Waals surface area contributed by atoms with Crippen molar-refractivity contribution in [3.63, 3.8) is 0 Å². The van der Waals surface area contributed by atoms with Crippen molar-refractivity contribution >= 4 is 5.91 Å². The summed E-state index contributed by atoms with van der Waals surface area (Å²) >= 11 is 0. The average molecular weight is 340 g/mol. The van der Waals surface area contributed by atoms with Gasteiger partial charge in [-0.2, -0.15) is 10.2 Å². The average Bonchev–Trinajstić information content (AvgIpc) is 3.01. The lowest BCUT2D eigenvalue weighted by molar-refractivity contribution is 0.00438. The van der Waals surface area contributed by atoms with Crippen molar-refractivity contribution in [2.75, 3.05) is 13.1 Å². The molecule has 4 rings (SSSR count). The molecular formula is C18H24N6O. The Kier molecular flexibility index (Phi) is 4.25. The number of nitrogens with one attached hydrogen (secondary N) is 2. The molecule has 2 aromatic rings. The van der Waals surface area contributed by atoms with Gasteiger partial charge in [0.25, 0.3) is 5.91 Å². The van der Waals surface area contributed by atoms with E-state index in [-0.39, 0.29) is 5.91 Å². The SMILES string of the molecule is Cc1ncc(CN2CCC3(CC2)CC(NC(=O)c2ccnnc2)C3)[nH]1. The molecule has 7 nitrogen and oxygen atoms in total. The van der Waals surface area contributed by atoms with Crippen LogP contribution in [0.4, 0.5) is 0 Å². The van der Waals surface area contributed by atoms with Crippen LogP contribution in [-0.2, 0) is 6.54 Å². The van der Waals surface area contributed by atoms with Crippen LogP contribution in [0.25, 0.3) is 0 Å². The highest BCUT2D eigenvalue weighted by molar-refractivity contribution is 5.94. The first-order valence-corrected chi connectivity index (χ1v) is 8.92. The summed E-state index contributed by atoms with van der Waals surface area (Å²) in [5.41, 5.74) is 2.20. The van der Waals surface area contributed by atoms with Crippen molar-refractivity contribution < 1.29 is 4.79 Å². The van der Waals surface area contributed by atoms with E-state index >= 15 is 0 Å². The maximum atomic E-state index is 12.2. The summed E-state index contributed by atoms with van der Waals surface area (Å²) < 4.78 is 0. The van der Waals surface area contributed by atoms with Crippen LogP contribution in [0.3, 0.4) is 0 Å². The monoisotopic (exact) mass is 340 g/mol. The molecule has 1 amide bonds.